The van der Waals surface area contributed by atoms with E-state index in [0.717, 1.165) is 13.1 Å². The summed E-state index contributed by atoms with van der Waals surface area (Å²) in [7, 11) is 7.01. The van der Waals surface area contributed by atoms with Crippen molar-refractivity contribution >= 4 is 29.0 Å². The highest BCUT2D eigenvalue weighted by atomic mass is 35.5. The first-order valence-corrected chi connectivity index (χ1v) is 8.40. The standard InChI is InChI=1S/C18H23ClN4O3/c1-23(2)8-7-20-17-6-5-12(11-21-17)18(24)22-14-10-15(25-3)13(19)9-16(14)26-4/h5-6,9-11H,7-8H2,1-4H3,(H,20,21)(H,22,24). The fourth-order valence-electron chi connectivity index (χ4n) is 2.19. The van der Waals surface area contributed by atoms with Crippen molar-refractivity contribution in [3.8, 4) is 11.5 Å². The van der Waals surface area contributed by atoms with E-state index in [2.05, 4.69) is 20.5 Å². The molecule has 0 atom stereocenters. The molecule has 1 heterocycles. The molecular weight excluding hydrogens is 356 g/mol. The van der Waals surface area contributed by atoms with Crippen LogP contribution in [0.4, 0.5) is 11.5 Å². The molecule has 1 aromatic carbocycles. The van der Waals surface area contributed by atoms with Gasteiger partial charge in [0, 0.05) is 31.4 Å². The largest absolute Gasteiger partial charge is 0.495 e. The Morgan fingerprint density at radius 2 is 1.92 bits per heavy atom. The van der Waals surface area contributed by atoms with Crippen LogP contribution in [0.5, 0.6) is 11.5 Å². The van der Waals surface area contributed by atoms with Gasteiger partial charge in [0.15, 0.2) is 0 Å². The monoisotopic (exact) mass is 378 g/mol. The van der Waals surface area contributed by atoms with Crippen LogP contribution < -0.4 is 20.1 Å². The van der Waals surface area contributed by atoms with Crippen molar-refractivity contribution in [3.05, 3.63) is 41.0 Å². The Kier molecular flexibility index (Phi) is 7.06. The summed E-state index contributed by atoms with van der Waals surface area (Å²) >= 11 is 6.07. The molecule has 2 rings (SSSR count). The lowest BCUT2D eigenvalue weighted by atomic mass is 10.2. The average molecular weight is 379 g/mol. The van der Waals surface area contributed by atoms with Crippen molar-refractivity contribution in [2.45, 2.75) is 0 Å². The van der Waals surface area contributed by atoms with Crippen molar-refractivity contribution in [1.29, 1.82) is 0 Å². The van der Waals surface area contributed by atoms with Crippen LogP contribution in [0.15, 0.2) is 30.5 Å². The molecule has 2 N–H and O–H groups in total. The summed E-state index contributed by atoms with van der Waals surface area (Å²) in [5.74, 6) is 1.30. The second-order valence-corrected chi connectivity index (χ2v) is 6.21. The molecule has 0 fully saturated rings. The van der Waals surface area contributed by atoms with Crippen molar-refractivity contribution in [3.63, 3.8) is 0 Å². The molecule has 0 aliphatic carbocycles. The molecule has 1 aromatic heterocycles. The minimum atomic E-state index is -0.306. The van der Waals surface area contributed by atoms with Crippen molar-refractivity contribution in [2.24, 2.45) is 0 Å². The van der Waals surface area contributed by atoms with Gasteiger partial charge in [-0.05, 0) is 26.2 Å². The van der Waals surface area contributed by atoms with Gasteiger partial charge in [-0.3, -0.25) is 4.79 Å². The van der Waals surface area contributed by atoms with Crippen LogP contribution in [-0.4, -0.2) is 57.2 Å². The highest BCUT2D eigenvalue weighted by molar-refractivity contribution is 6.32. The number of nitrogens with one attached hydrogen (secondary N) is 2. The van der Waals surface area contributed by atoms with Crippen molar-refractivity contribution < 1.29 is 14.3 Å². The van der Waals surface area contributed by atoms with Gasteiger partial charge >= 0.3 is 0 Å². The number of halogens is 1. The summed E-state index contributed by atoms with van der Waals surface area (Å²) in [6.07, 6.45) is 1.52. The number of methoxy groups -OCH3 is 2. The summed E-state index contributed by atoms with van der Waals surface area (Å²) in [6, 6.07) is 6.68. The first kappa shape index (κ1) is 19.8. The lowest BCUT2D eigenvalue weighted by Crippen LogP contribution is -2.21. The van der Waals surface area contributed by atoms with Gasteiger partial charge in [-0.1, -0.05) is 11.6 Å². The predicted molar refractivity (Wildman–Crippen MR) is 104 cm³/mol. The fourth-order valence-corrected chi connectivity index (χ4v) is 2.42. The van der Waals surface area contributed by atoms with Crippen LogP contribution in [0.2, 0.25) is 5.02 Å². The zero-order valence-corrected chi connectivity index (χ0v) is 16.1. The number of nitrogens with zero attached hydrogens (tertiary/aromatic N) is 2. The lowest BCUT2D eigenvalue weighted by molar-refractivity contribution is 0.102. The minimum absolute atomic E-state index is 0.306. The van der Waals surface area contributed by atoms with E-state index >= 15 is 0 Å². The second kappa shape index (κ2) is 9.26. The Hall–Kier alpha value is -2.51. The van der Waals surface area contributed by atoms with Gasteiger partial charge in [-0.15, -0.1) is 0 Å². The SMILES string of the molecule is COc1cc(NC(=O)c2ccc(NCCN(C)C)nc2)c(OC)cc1Cl. The number of hydrogen-bond donors (Lipinski definition) is 2. The Bertz CT molecular complexity index is 751. The molecule has 0 bridgehead atoms. The van der Waals surface area contributed by atoms with Crippen LogP contribution in [0.25, 0.3) is 0 Å². The number of amides is 1. The number of anilines is 2. The molecule has 0 spiro atoms. The molecule has 1 amide bonds. The van der Waals surface area contributed by atoms with E-state index in [0.29, 0.717) is 33.6 Å². The Morgan fingerprint density at radius 3 is 2.50 bits per heavy atom. The summed E-state index contributed by atoms with van der Waals surface area (Å²) in [5, 5.41) is 6.38. The van der Waals surface area contributed by atoms with Gasteiger partial charge in [-0.25, -0.2) is 4.98 Å². The number of likely N-dealkylation sites (N-methyl/N-ethyl adjacent to an activating group) is 1. The first-order valence-electron chi connectivity index (χ1n) is 8.02. The molecule has 0 radical (unpaired) electrons. The van der Waals surface area contributed by atoms with Gasteiger partial charge in [0.2, 0.25) is 0 Å². The topological polar surface area (TPSA) is 75.7 Å². The number of ether oxygens (including phenoxy) is 2. The molecule has 2 aromatic rings. The number of benzene rings is 1. The van der Waals surface area contributed by atoms with Gasteiger partial charge in [0.1, 0.15) is 17.3 Å². The number of pyridine rings is 1. The van der Waals surface area contributed by atoms with E-state index < -0.39 is 0 Å². The average Bonchev–Trinajstić information content (AvgIpc) is 2.63. The third kappa shape index (κ3) is 5.24. The molecule has 7 nitrogen and oxygen atoms in total. The van der Waals surface area contributed by atoms with E-state index in [1.54, 1.807) is 24.3 Å². The minimum Gasteiger partial charge on any atom is -0.495 e. The fraction of sp³-hybridized carbons (Fsp3) is 0.333. The van der Waals surface area contributed by atoms with Gasteiger partial charge in [0.05, 0.1) is 30.5 Å². The van der Waals surface area contributed by atoms with Crippen LogP contribution in [0, 0.1) is 0 Å². The van der Waals surface area contributed by atoms with Crippen LogP contribution in [0.1, 0.15) is 10.4 Å². The van der Waals surface area contributed by atoms with Crippen LogP contribution in [0.3, 0.4) is 0 Å². The van der Waals surface area contributed by atoms with E-state index in [1.807, 2.05) is 14.1 Å². The smallest absolute Gasteiger partial charge is 0.257 e. The summed E-state index contributed by atoms with van der Waals surface area (Å²) in [6.45, 7) is 1.66. The third-order valence-corrected chi connectivity index (χ3v) is 3.91. The molecule has 0 aliphatic heterocycles. The maximum absolute atomic E-state index is 12.5. The van der Waals surface area contributed by atoms with Gasteiger partial charge in [-0.2, -0.15) is 0 Å². The Morgan fingerprint density at radius 1 is 1.19 bits per heavy atom. The first-order chi connectivity index (χ1) is 12.4. The van der Waals surface area contributed by atoms with Gasteiger partial charge in [0.25, 0.3) is 5.91 Å². The Balaban J connectivity index is 2.08. The third-order valence-electron chi connectivity index (χ3n) is 3.61. The molecule has 0 saturated carbocycles. The zero-order valence-electron chi connectivity index (χ0n) is 15.3. The van der Waals surface area contributed by atoms with E-state index in [9.17, 15) is 4.79 Å². The molecule has 140 valence electrons. The predicted octanol–water partition coefficient (Wildman–Crippen LogP) is 2.98. The van der Waals surface area contributed by atoms with Gasteiger partial charge < -0.3 is 25.0 Å². The van der Waals surface area contributed by atoms with E-state index in [1.165, 1.54) is 20.4 Å². The highest BCUT2D eigenvalue weighted by Gasteiger charge is 2.14. The highest BCUT2D eigenvalue weighted by Crippen LogP contribution is 2.36. The molecule has 8 heteroatoms. The zero-order chi connectivity index (χ0) is 19.1. The summed E-state index contributed by atoms with van der Waals surface area (Å²) in [4.78, 5) is 18.8. The summed E-state index contributed by atoms with van der Waals surface area (Å²) in [5.41, 5.74) is 0.895. The van der Waals surface area contributed by atoms with Crippen molar-refractivity contribution in [1.82, 2.24) is 9.88 Å². The molecule has 26 heavy (non-hydrogen) atoms. The second-order valence-electron chi connectivity index (χ2n) is 5.80. The number of rotatable bonds is 8. The van der Waals surface area contributed by atoms with Crippen LogP contribution in [-0.2, 0) is 0 Å². The number of aromatic nitrogens is 1. The van der Waals surface area contributed by atoms with E-state index in [4.69, 9.17) is 21.1 Å². The number of carbonyl (C=O) groups is 1. The Labute approximate surface area is 158 Å². The molecule has 0 unspecified atom stereocenters. The van der Waals surface area contributed by atoms with E-state index in [-0.39, 0.29) is 5.91 Å². The lowest BCUT2D eigenvalue weighted by Gasteiger charge is -2.13. The maximum Gasteiger partial charge on any atom is 0.257 e. The quantitative estimate of drug-likeness (QED) is 0.735. The van der Waals surface area contributed by atoms with Crippen LogP contribution >= 0.6 is 11.6 Å². The molecular formula is C18H23ClN4O3. The molecule has 0 aliphatic rings. The number of hydrogen-bond acceptors (Lipinski definition) is 6. The summed E-state index contributed by atoms with van der Waals surface area (Å²) < 4.78 is 10.4. The maximum atomic E-state index is 12.5. The number of carbonyl (C=O) groups excluding carboxylic acids is 1. The normalized spacial score (nSPS) is 10.5. The molecule has 0 saturated heterocycles. The van der Waals surface area contributed by atoms with Crippen molar-refractivity contribution in [2.75, 3.05) is 52.0 Å².